The first-order valence-electron chi connectivity index (χ1n) is 7.97. The van der Waals surface area contributed by atoms with Crippen molar-refractivity contribution < 1.29 is 9.53 Å². The van der Waals surface area contributed by atoms with Gasteiger partial charge in [-0.2, -0.15) is 0 Å². The monoisotopic (exact) mass is 290 g/mol. The number of hydrogen-bond acceptors (Lipinski definition) is 4. The van der Waals surface area contributed by atoms with Crippen molar-refractivity contribution in [1.29, 1.82) is 0 Å². The maximum Gasteiger partial charge on any atom is 0.338 e. The standard InChI is InChI=1S/C17H26N2O2/c1-3-12-6-5-7-14(10-12)19-16-9-8-13(11-15(16)18)17(20)21-4-2/h8-9,11-12,14,19H,3-7,10,18H2,1-2H3. The summed E-state index contributed by atoms with van der Waals surface area (Å²) in [5.41, 5.74) is 8.11. The number of hydrogen-bond donors (Lipinski definition) is 2. The number of esters is 1. The molecule has 0 heterocycles. The van der Waals surface area contributed by atoms with Gasteiger partial charge in [-0.05, 0) is 43.9 Å². The van der Waals surface area contributed by atoms with Gasteiger partial charge in [0.25, 0.3) is 0 Å². The minimum Gasteiger partial charge on any atom is -0.462 e. The summed E-state index contributed by atoms with van der Waals surface area (Å²) in [6, 6.07) is 5.84. The molecule has 0 bridgehead atoms. The Labute approximate surface area is 127 Å². The Morgan fingerprint density at radius 2 is 2.19 bits per heavy atom. The number of carbonyl (C=O) groups is 1. The normalized spacial score (nSPS) is 21.8. The van der Waals surface area contributed by atoms with Crippen molar-refractivity contribution in [3.8, 4) is 0 Å². The molecule has 116 valence electrons. The molecular formula is C17H26N2O2. The minimum atomic E-state index is -0.320. The Balaban J connectivity index is 2.02. The molecule has 4 heteroatoms. The van der Waals surface area contributed by atoms with Gasteiger partial charge in [0.05, 0.1) is 23.5 Å². The van der Waals surface area contributed by atoms with E-state index in [4.69, 9.17) is 10.5 Å². The Bertz CT molecular complexity index is 488. The largest absolute Gasteiger partial charge is 0.462 e. The van der Waals surface area contributed by atoms with Gasteiger partial charge in [0.2, 0.25) is 0 Å². The Morgan fingerprint density at radius 1 is 1.38 bits per heavy atom. The van der Waals surface area contributed by atoms with Gasteiger partial charge < -0.3 is 15.8 Å². The van der Waals surface area contributed by atoms with Gasteiger partial charge >= 0.3 is 5.97 Å². The molecule has 2 unspecified atom stereocenters. The van der Waals surface area contributed by atoms with Crippen LogP contribution in [0.5, 0.6) is 0 Å². The minimum absolute atomic E-state index is 0.320. The zero-order valence-corrected chi connectivity index (χ0v) is 13.0. The molecule has 0 saturated heterocycles. The van der Waals surface area contributed by atoms with Crippen molar-refractivity contribution in [2.45, 2.75) is 52.0 Å². The van der Waals surface area contributed by atoms with Crippen LogP contribution in [0, 0.1) is 5.92 Å². The molecule has 1 fully saturated rings. The second-order valence-corrected chi connectivity index (χ2v) is 5.80. The van der Waals surface area contributed by atoms with Gasteiger partial charge in [0.1, 0.15) is 0 Å². The lowest BCUT2D eigenvalue weighted by Gasteiger charge is -2.30. The van der Waals surface area contributed by atoms with Gasteiger partial charge in [-0.25, -0.2) is 4.79 Å². The van der Waals surface area contributed by atoms with Crippen molar-refractivity contribution >= 4 is 17.3 Å². The molecule has 21 heavy (non-hydrogen) atoms. The third-order valence-electron chi connectivity index (χ3n) is 4.28. The van der Waals surface area contributed by atoms with Crippen LogP contribution in [0.3, 0.4) is 0 Å². The summed E-state index contributed by atoms with van der Waals surface area (Å²) in [6.07, 6.45) is 6.25. The van der Waals surface area contributed by atoms with Gasteiger partial charge in [-0.1, -0.05) is 26.2 Å². The van der Waals surface area contributed by atoms with E-state index in [1.54, 1.807) is 19.1 Å². The molecule has 4 nitrogen and oxygen atoms in total. The first-order chi connectivity index (χ1) is 10.1. The molecule has 2 atom stereocenters. The Morgan fingerprint density at radius 3 is 2.86 bits per heavy atom. The molecule has 1 aromatic carbocycles. The quantitative estimate of drug-likeness (QED) is 0.639. The Kier molecular flexibility index (Phi) is 5.48. The number of rotatable bonds is 5. The van der Waals surface area contributed by atoms with E-state index in [-0.39, 0.29) is 5.97 Å². The van der Waals surface area contributed by atoms with E-state index in [0.29, 0.717) is 23.9 Å². The third-order valence-corrected chi connectivity index (χ3v) is 4.28. The van der Waals surface area contributed by atoms with Crippen LogP contribution in [0.2, 0.25) is 0 Å². The highest BCUT2D eigenvalue weighted by Crippen LogP contribution is 2.30. The molecule has 3 N–H and O–H groups in total. The average molecular weight is 290 g/mol. The fourth-order valence-corrected chi connectivity index (χ4v) is 3.05. The highest BCUT2D eigenvalue weighted by molar-refractivity contribution is 5.91. The summed E-state index contributed by atoms with van der Waals surface area (Å²) < 4.78 is 4.99. The zero-order valence-electron chi connectivity index (χ0n) is 13.0. The average Bonchev–Trinajstić information content (AvgIpc) is 2.49. The lowest BCUT2D eigenvalue weighted by Crippen LogP contribution is -2.27. The maximum atomic E-state index is 11.7. The van der Waals surface area contributed by atoms with Crippen LogP contribution in [0.4, 0.5) is 11.4 Å². The van der Waals surface area contributed by atoms with Crippen LogP contribution in [0.1, 0.15) is 56.3 Å². The van der Waals surface area contributed by atoms with E-state index in [1.807, 2.05) is 6.07 Å². The first-order valence-corrected chi connectivity index (χ1v) is 7.97. The number of nitrogen functional groups attached to an aromatic ring is 1. The van der Waals surface area contributed by atoms with Crippen molar-refractivity contribution in [3.63, 3.8) is 0 Å². The lowest BCUT2D eigenvalue weighted by molar-refractivity contribution is 0.0526. The fourth-order valence-electron chi connectivity index (χ4n) is 3.05. The highest BCUT2D eigenvalue weighted by atomic mass is 16.5. The van der Waals surface area contributed by atoms with E-state index in [2.05, 4.69) is 12.2 Å². The van der Waals surface area contributed by atoms with E-state index in [0.717, 1.165) is 11.6 Å². The number of nitrogens with one attached hydrogen (secondary N) is 1. The van der Waals surface area contributed by atoms with Crippen LogP contribution in [0.15, 0.2) is 18.2 Å². The predicted molar refractivity (Wildman–Crippen MR) is 86.5 cm³/mol. The second-order valence-electron chi connectivity index (χ2n) is 5.80. The molecule has 0 amide bonds. The van der Waals surface area contributed by atoms with Crippen LogP contribution in [-0.4, -0.2) is 18.6 Å². The molecule has 1 aliphatic rings. The zero-order chi connectivity index (χ0) is 15.2. The number of benzene rings is 1. The molecule has 0 aliphatic heterocycles. The second kappa shape index (κ2) is 7.34. The third kappa shape index (κ3) is 4.13. The first kappa shape index (κ1) is 15.7. The van der Waals surface area contributed by atoms with Crippen molar-refractivity contribution in [3.05, 3.63) is 23.8 Å². The molecule has 0 aromatic heterocycles. The molecule has 0 spiro atoms. The maximum absolute atomic E-state index is 11.7. The number of nitrogens with two attached hydrogens (primary N) is 1. The molecule has 1 saturated carbocycles. The van der Waals surface area contributed by atoms with E-state index >= 15 is 0 Å². The molecule has 1 aliphatic carbocycles. The van der Waals surface area contributed by atoms with Gasteiger partial charge in [-0.3, -0.25) is 0 Å². The molecule has 2 rings (SSSR count). The SMILES string of the molecule is CCOC(=O)c1ccc(NC2CCCC(CC)C2)c(N)c1. The molecule has 0 radical (unpaired) electrons. The number of anilines is 2. The van der Waals surface area contributed by atoms with E-state index in [9.17, 15) is 4.79 Å². The molecule has 1 aromatic rings. The summed E-state index contributed by atoms with van der Waals surface area (Å²) in [5.74, 6) is 0.496. The summed E-state index contributed by atoms with van der Waals surface area (Å²) in [7, 11) is 0. The summed E-state index contributed by atoms with van der Waals surface area (Å²) >= 11 is 0. The summed E-state index contributed by atoms with van der Waals surface area (Å²) in [5, 5.41) is 3.53. The van der Waals surface area contributed by atoms with Crippen molar-refractivity contribution in [2.24, 2.45) is 5.92 Å². The van der Waals surface area contributed by atoms with E-state index < -0.39 is 0 Å². The lowest BCUT2D eigenvalue weighted by atomic mass is 9.84. The van der Waals surface area contributed by atoms with Crippen LogP contribution in [0.25, 0.3) is 0 Å². The Hall–Kier alpha value is -1.71. The van der Waals surface area contributed by atoms with Crippen LogP contribution in [-0.2, 0) is 4.74 Å². The van der Waals surface area contributed by atoms with Gasteiger partial charge in [-0.15, -0.1) is 0 Å². The van der Waals surface area contributed by atoms with E-state index in [1.165, 1.54) is 32.1 Å². The highest BCUT2D eigenvalue weighted by Gasteiger charge is 2.21. The van der Waals surface area contributed by atoms with Gasteiger partial charge in [0, 0.05) is 6.04 Å². The van der Waals surface area contributed by atoms with Crippen molar-refractivity contribution in [1.82, 2.24) is 0 Å². The topological polar surface area (TPSA) is 64.3 Å². The smallest absolute Gasteiger partial charge is 0.338 e. The summed E-state index contributed by atoms with van der Waals surface area (Å²) in [6.45, 7) is 4.43. The number of ether oxygens (including phenoxy) is 1. The molecular weight excluding hydrogens is 264 g/mol. The van der Waals surface area contributed by atoms with Crippen LogP contribution >= 0.6 is 0 Å². The van der Waals surface area contributed by atoms with Gasteiger partial charge in [0.15, 0.2) is 0 Å². The summed E-state index contributed by atoms with van der Waals surface area (Å²) in [4.78, 5) is 11.7. The number of carbonyl (C=O) groups excluding carboxylic acids is 1. The van der Waals surface area contributed by atoms with Crippen molar-refractivity contribution in [2.75, 3.05) is 17.7 Å². The fraction of sp³-hybridized carbons (Fsp3) is 0.588. The van der Waals surface area contributed by atoms with Crippen LogP contribution < -0.4 is 11.1 Å². The predicted octanol–water partition coefficient (Wildman–Crippen LogP) is 3.83.